The van der Waals surface area contributed by atoms with Crippen molar-refractivity contribution in [3.8, 4) is 0 Å². The van der Waals surface area contributed by atoms with Crippen LogP contribution in [0.2, 0.25) is 0 Å². The predicted molar refractivity (Wildman–Crippen MR) is 76.3 cm³/mol. The lowest BCUT2D eigenvalue weighted by atomic mass is 9.86. The van der Waals surface area contributed by atoms with Crippen LogP contribution in [0, 0.1) is 11.8 Å². The molecular weight excluding hydrogens is 264 g/mol. The Hall–Kier alpha value is -0.550. The van der Waals surface area contributed by atoms with E-state index >= 15 is 0 Å². The van der Waals surface area contributed by atoms with E-state index in [0.29, 0.717) is 5.75 Å². The van der Waals surface area contributed by atoms with Crippen molar-refractivity contribution in [3.05, 3.63) is 0 Å². The van der Waals surface area contributed by atoms with Gasteiger partial charge in [0.1, 0.15) is 0 Å². The molecule has 1 unspecified atom stereocenters. The summed E-state index contributed by atoms with van der Waals surface area (Å²) in [6, 6.07) is 0. The molecule has 1 saturated carbocycles. The summed E-state index contributed by atoms with van der Waals surface area (Å²) < 4.78 is 5.73. The average Bonchev–Trinajstić information content (AvgIpc) is 2.38. The molecule has 0 spiro atoms. The van der Waals surface area contributed by atoms with E-state index in [1.165, 1.54) is 26.2 Å². The second-order valence-corrected chi connectivity index (χ2v) is 6.42. The Bertz CT molecular complexity index is 298. The minimum atomic E-state index is -0.879. The molecule has 4 nitrogen and oxygen atoms in total. The quantitative estimate of drug-likeness (QED) is 0.780. The van der Waals surface area contributed by atoms with E-state index < -0.39 is 11.9 Å². The predicted octanol–water partition coefficient (Wildman–Crippen LogP) is 2.95. The number of aliphatic carboxylic acids is 1. The van der Waals surface area contributed by atoms with E-state index in [0.717, 1.165) is 30.5 Å². The van der Waals surface area contributed by atoms with Crippen LogP contribution in [0.4, 0.5) is 0 Å². The molecule has 1 rings (SSSR count). The number of carboxylic acid groups (broad SMARTS) is 1. The lowest BCUT2D eigenvalue weighted by molar-refractivity contribution is -0.144. The summed E-state index contributed by atoms with van der Waals surface area (Å²) in [4.78, 5) is 22.0. The Morgan fingerprint density at radius 3 is 2.42 bits per heavy atom. The fourth-order valence-corrected chi connectivity index (χ4v) is 3.04. The van der Waals surface area contributed by atoms with Gasteiger partial charge in [-0.3, -0.25) is 9.59 Å². The summed E-state index contributed by atoms with van der Waals surface area (Å²) in [5, 5.41) is 9.04. The van der Waals surface area contributed by atoms with E-state index in [2.05, 4.69) is 6.92 Å². The second-order valence-electron chi connectivity index (χ2n) is 5.22. The number of hydrogen-bond donors (Lipinski definition) is 1. The highest BCUT2D eigenvalue weighted by Gasteiger charge is 2.24. The molecule has 1 aliphatic rings. The van der Waals surface area contributed by atoms with E-state index in [-0.39, 0.29) is 17.8 Å². The third-order valence-corrected chi connectivity index (χ3v) is 4.72. The van der Waals surface area contributed by atoms with Gasteiger partial charge in [-0.2, -0.15) is 0 Å². The largest absolute Gasteiger partial charge is 0.481 e. The van der Waals surface area contributed by atoms with Gasteiger partial charge in [-0.15, -0.1) is 0 Å². The van der Waals surface area contributed by atoms with Crippen molar-refractivity contribution in [1.29, 1.82) is 0 Å². The Morgan fingerprint density at radius 1 is 1.32 bits per heavy atom. The smallest absolute Gasteiger partial charge is 0.309 e. The number of carbonyl (C=O) groups excluding carboxylic acids is 1. The summed E-state index contributed by atoms with van der Waals surface area (Å²) in [5.74, 6) is -0.355. The molecule has 1 fully saturated rings. The first-order valence-corrected chi connectivity index (χ1v) is 7.99. The van der Waals surface area contributed by atoms with Gasteiger partial charge in [0.25, 0.3) is 0 Å². The maximum Gasteiger partial charge on any atom is 0.309 e. The first-order chi connectivity index (χ1) is 9.02. The number of thioether (sulfide) groups is 1. The molecule has 0 aromatic carbocycles. The molecule has 0 aromatic rings. The maximum atomic E-state index is 11.1. The molecule has 110 valence electrons. The van der Waals surface area contributed by atoms with Crippen LogP contribution in [0.1, 0.15) is 46.0 Å². The SMILES string of the molecule is CCC1CCC(OCC(CSC(C)=O)C(=O)O)CC1. The molecular formula is C14H24O4S. The van der Waals surface area contributed by atoms with Gasteiger partial charge in [-0.25, -0.2) is 0 Å². The molecule has 0 amide bonds. The molecule has 0 aromatic heterocycles. The van der Waals surface area contributed by atoms with Crippen molar-refractivity contribution >= 4 is 22.8 Å². The Labute approximate surface area is 119 Å². The zero-order valence-electron chi connectivity index (χ0n) is 11.8. The molecule has 1 N–H and O–H groups in total. The minimum absolute atomic E-state index is 0.0466. The first-order valence-electron chi connectivity index (χ1n) is 7.00. The first kappa shape index (κ1) is 16.5. The van der Waals surface area contributed by atoms with Gasteiger partial charge < -0.3 is 9.84 Å². The number of ether oxygens (including phenoxy) is 1. The molecule has 0 bridgehead atoms. The molecule has 0 saturated heterocycles. The van der Waals surface area contributed by atoms with E-state index in [1.54, 1.807) is 0 Å². The normalized spacial score (nSPS) is 24.9. The lowest BCUT2D eigenvalue weighted by Gasteiger charge is -2.28. The second kappa shape index (κ2) is 8.59. The van der Waals surface area contributed by atoms with Crippen molar-refractivity contribution in [2.24, 2.45) is 11.8 Å². The van der Waals surface area contributed by atoms with Gasteiger partial charge in [0.05, 0.1) is 18.6 Å². The molecule has 5 heteroatoms. The minimum Gasteiger partial charge on any atom is -0.481 e. The summed E-state index contributed by atoms with van der Waals surface area (Å²) in [6.07, 6.45) is 5.85. The number of carbonyl (C=O) groups is 2. The van der Waals surface area contributed by atoms with Gasteiger partial charge in [0.2, 0.25) is 0 Å². The third-order valence-electron chi connectivity index (χ3n) is 3.74. The van der Waals surface area contributed by atoms with Crippen molar-refractivity contribution in [1.82, 2.24) is 0 Å². The van der Waals surface area contributed by atoms with Crippen molar-refractivity contribution in [2.75, 3.05) is 12.4 Å². The highest BCUT2D eigenvalue weighted by atomic mass is 32.2. The molecule has 0 heterocycles. The van der Waals surface area contributed by atoms with Crippen LogP contribution in [0.25, 0.3) is 0 Å². The monoisotopic (exact) mass is 288 g/mol. The van der Waals surface area contributed by atoms with Gasteiger partial charge in [0, 0.05) is 12.7 Å². The summed E-state index contributed by atoms with van der Waals surface area (Å²) >= 11 is 1.06. The van der Waals surface area contributed by atoms with Crippen molar-refractivity contribution in [3.63, 3.8) is 0 Å². The van der Waals surface area contributed by atoms with Gasteiger partial charge in [-0.1, -0.05) is 25.1 Å². The summed E-state index contributed by atoms with van der Waals surface area (Å²) in [5.41, 5.74) is 0. The Kier molecular flexibility index (Phi) is 7.46. The van der Waals surface area contributed by atoms with Gasteiger partial charge >= 0.3 is 5.97 Å². The molecule has 1 atom stereocenters. The van der Waals surface area contributed by atoms with Crippen molar-refractivity contribution < 1.29 is 19.4 Å². The van der Waals surface area contributed by atoms with Crippen LogP contribution >= 0.6 is 11.8 Å². The molecule has 0 aliphatic heterocycles. The Balaban J connectivity index is 2.28. The molecule has 0 radical (unpaired) electrons. The van der Waals surface area contributed by atoms with Gasteiger partial charge in [-0.05, 0) is 31.6 Å². The Morgan fingerprint density at radius 2 is 1.95 bits per heavy atom. The van der Waals surface area contributed by atoms with E-state index in [1.807, 2.05) is 0 Å². The molecule has 19 heavy (non-hydrogen) atoms. The topological polar surface area (TPSA) is 63.6 Å². The van der Waals surface area contributed by atoms with Crippen molar-refractivity contribution in [2.45, 2.75) is 52.1 Å². The van der Waals surface area contributed by atoms with Crippen LogP contribution in [-0.2, 0) is 14.3 Å². The van der Waals surface area contributed by atoms with Gasteiger partial charge in [0.15, 0.2) is 5.12 Å². The fraction of sp³-hybridized carbons (Fsp3) is 0.857. The summed E-state index contributed by atoms with van der Waals surface area (Å²) in [7, 11) is 0. The van der Waals surface area contributed by atoms with Crippen LogP contribution in [0.5, 0.6) is 0 Å². The zero-order valence-corrected chi connectivity index (χ0v) is 12.6. The third kappa shape index (κ3) is 6.43. The number of rotatable bonds is 7. The maximum absolute atomic E-state index is 11.1. The summed E-state index contributed by atoms with van der Waals surface area (Å²) in [6.45, 7) is 3.89. The lowest BCUT2D eigenvalue weighted by Crippen LogP contribution is -2.28. The van der Waals surface area contributed by atoms with Crippen LogP contribution in [0.15, 0.2) is 0 Å². The van der Waals surface area contributed by atoms with E-state index in [9.17, 15) is 9.59 Å². The van der Waals surface area contributed by atoms with Crippen LogP contribution < -0.4 is 0 Å². The number of hydrogen-bond acceptors (Lipinski definition) is 4. The fourth-order valence-electron chi connectivity index (χ4n) is 2.37. The van der Waals surface area contributed by atoms with E-state index in [4.69, 9.17) is 9.84 Å². The highest BCUT2D eigenvalue weighted by molar-refractivity contribution is 8.13. The average molecular weight is 288 g/mol. The zero-order chi connectivity index (χ0) is 14.3. The van der Waals surface area contributed by atoms with Crippen LogP contribution in [-0.4, -0.2) is 34.7 Å². The highest BCUT2D eigenvalue weighted by Crippen LogP contribution is 2.28. The van der Waals surface area contributed by atoms with Crippen LogP contribution in [0.3, 0.4) is 0 Å². The number of carboxylic acids is 1. The standard InChI is InChI=1S/C14H24O4S/c1-3-11-4-6-13(7-5-11)18-8-12(14(16)17)9-19-10(2)15/h11-13H,3-9H2,1-2H3,(H,16,17). The molecule has 1 aliphatic carbocycles.